The normalized spacial score (nSPS) is 11.5. The summed E-state index contributed by atoms with van der Waals surface area (Å²) in [7, 11) is 0. The molecule has 1 N–H and O–H groups in total. The van der Waals surface area contributed by atoms with Crippen LogP contribution in [-0.2, 0) is 0 Å². The Morgan fingerprint density at radius 3 is 2.41 bits per heavy atom. The van der Waals surface area contributed by atoms with E-state index in [-0.39, 0.29) is 34.5 Å². The second-order valence-electron chi connectivity index (χ2n) is 5.51. The van der Waals surface area contributed by atoms with Gasteiger partial charge in [-0.3, -0.25) is 4.57 Å². The summed E-state index contributed by atoms with van der Waals surface area (Å²) in [5, 5.41) is 10.1. The van der Waals surface area contributed by atoms with Gasteiger partial charge in [-0.15, -0.1) is 0 Å². The molecule has 0 unspecified atom stereocenters. The molecule has 0 saturated heterocycles. The van der Waals surface area contributed by atoms with Crippen LogP contribution in [-0.4, -0.2) is 20.3 Å². The minimum atomic E-state index is -0.722. The van der Waals surface area contributed by atoms with Gasteiger partial charge >= 0.3 is 5.69 Å². The van der Waals surface area contributed by atoms with Crippen molar-refractivity contribution in [1.82, 2.24) is 9.13 Å². The first-order valence-electron chi connectivity index (χ1n) is 6.91. The number of aromatic hydroxyl groups is 1. The summed E-state index contributed by atoms with van der Waals surface area (Å²) in [4.78, 5) is 12.3. The molecule has 0 bridgehead atoms. The van der Waals surface area contributed by atoms with Gasteiger partial charge in [-0.1, -0.05) is 11.6 Å². The van der Waals surface area contributed by atoms with Crippen LogP contribution in [0.5, 0.6) is 11.6 Å². The minimum Gasteiger partial charge on any atom is -0.493 e. The topological polar surface area (TPSA) is 56.4 Å². The zero-order valence-electron chi connectivity index (χ0n) is 12.8. The summed E-state index contributed by atoms with van der Waals surface area (Å²) in [6.07, 6.45) is 1.10. The highest BCUT2D eigenvalue weighted by Crippen LogP contribution is 2.31. The fourth-order valence-electron chi connectivity index (χ4n) is 2.08. The van der Waals surface area contributed by atoms with E-state index >= 15 is 0 Å². The fourth-order valence-corrected chi connectivity index (χ4v) is 2.28. The standard InChI is InChI=1S/C15H18ClFN2O3/c1-8(2)18-7-14(20)19(15(18)21)12-6-13(22-9(3)4)10(16)5-11(12)17/h5-9,20H,1-4H3. The second kappa shape index (κ2) is 6.04. The SMILES string of the molecule is CC(C)Oc1cc(-n2c(O)cn(C(C)C)c2=O)c(F)cc1Cl. The average Bonchev–Trinajstić information content (AvgIpc) is 2.68. The van der Waals surface area contributed by atoms with E-state index in [1.165, 1.54) is 16.8 Å². The van der Waals surface area contributed by atoms with Crippen LogP contribution in [0.2, 0.25) is 5.02 Å². The van der Waals surface area contributed by atoms with E-state index in [1.54, 1.807) is 27.7 Å². The molecule has 0 radical (unpaired) electrons. The van der Waals surface area contributed by atoms with Gasteiger partial charge < -0.3 is 9.84 Å². The second-order valence-corrected chi connectivity index (χ2v) is 5.91. The summed E-state index contributed by atoms with van der Waals surface area (Å²) >= 11 is 5.95. The molecule has 5 nitrogen and oxygen atoms in total. The predicted molar refractivity (Wildman–Crippen MR) is 82.8 cm³/mol. The number of halogens is 2. The van der Waals surface area contributed by atoms with E-state index in [2.05, 4.69) is 0 Å². The zero-order valence-corrected chi connectivity index (χ0v) is 13.6. The fraction of sp³-hybridized carbons (Fsp3) is 0.400. The van der Waals surface area contributed by atoms with Crippen molar-refractivity contribution in [2.24, 2.45) is 0 Å². The maximum Gasteiger partial charge on any atom is 0.336 e. The van der Waals surface area contributed by atoms with Crippen molar-refractivity contribution in [3.05, 3.63) is 39.7 Å². The van der Waals surface area contributed by atoms with Crippen molar-refractivity contribution in [2.75, 3.05) is 0 Å². The Bertz CT molecular complexity index is 750. The lowest BCUT2D eigenvalue weighted by Gasteiger charge is -2.14. The molecule has 1 aromatic heterocycles. The first kappa shape index (κ1) is 16.4. The number of ether oxygens (including phenoxy) is 1. The molecule has 0 aliphatic heterocycles. The van der Waals surface area contributed by atoms with E-state index < -0.39 is 11.5 Å². The molecular formula is C15H18ClFN2O3. The van der Waals surface area contributed by atoms with Crippen molar-refractivity contribution in [3.63, 3.8) is 0 Å². The van der Waals surface area contributed by atoms with Crippen LogP contribution in [0.25, 0.3) is 5.69 Å². The van der Waals surface area contributed by atoms with E-state index in [4.69, 9.17) is 16.3 Å². The van der Waals surface area contributed by atoms with Crippen molar-refractivity contribution < 1.29 is 14.2 Å². The van der Waals surface area contributed by atoms with Gasteiger partial charge in [-0.2, -0.15) is 0 Å². The molecule has 22 heavy (non-hydrogen) atoms. The molecule has 0 atom stereocenters. The predicted octanol–water partition coefficient (Wildman–Crippen LogP) is 3.51. The first-order chi connectivity index (χ1) is 10.2. The smallest absolute Gasteiger partial charge is 0.336 e. The average molecular weight is 329 g/mol. The number of nitrogens with zero attached hydrogens (tertiary/aromatic N) is 2. The molecule has 7 heteroatoms. The Morgan fingerprint density at radius 2 is 1.91 bits per heavy atom. The van der Waals surface area contributed by atoms with Gasteiger partial charge in [0, 0.05) is 12.1 Å². The van der Waals surface area contributed by atoms with Gasteiger partial charge in [-0.25, -0.2) is 13.8 Å². The van der Waals surface area contributed by atoms with Crippen LogP contribution in [0.3, 0.4) is 0 Å². The Morgan fingerprint density at radius 1 is 1.27 bits per heavy atom. The molecule has 0 amide bonds. The lowest BCUT2D eigenvalue weighted by Crippen LogP contribution is -2.25. The van der Waals surface area contributed by atoms with Crippen LogP contribution >= 0.6 is 11.6 Å². The summed E-state index contributed by atoms with van der Waals surface area (Å²) < 4.78 is 21.9. The lowest BCUT2D eigenvalue weighted by molar-refractivity contribution is 0.242. The molecule has 1 aromatic carbocycles. The van der Waals surface area contributed by atoms with E-state index in [0.717, 1.165) is 10.6 Å². The van der Waals surface area contributed by atoms with Gasteiger partial charge in [-0.05, 0) is 33.8 Å². The van der Waals surface area contributed by atoms with Gasteiger partial charge in [0.2, 0.25) is 5.88 Å². The number of benzene rings is 1. The van der Waals surface area contributed by atoms with Gasteiger partial charge in [0.05, 0.1) is 23.0 Å². The summed E-state index contributed by atoms with van der Waals surface area (Å²) in [5.74, 6) is -0.827. The molecule has 120 valence electrons. The van der Waals surface area contributed by atoms with Crippen LogP contribution in [0.4, 0.5) is 4.39 Å². The largest absolute Gasteiger partial charge is 0.493 e. The first-order valence-corrected chi connectivity index (χ1v) is 7.29. The molecular weight excluding hydrogens is 311 g/mol. The Hall–Kier alpha value is -1.95. The Balaban J connectivity index is 2.65. The highest BCUT2D eigenvalue weighted by molar-refractivity contribution is 6.32. The zero-order chi connectivity index (χ0) is 16.6. The highest BCUT2D eigenvalue weighted by atomic mass is 35.5. The molecule has 0 fully saturated rings. The van der Waals surface area contributed by atoms with Crippen molar-refractivity contribution in [2.45, 2.75) is 39.8 Å². The summed E-state index contributed by atoms with van der Waals surface area (Å²) in [6, 6.07) is 2.21. The molecule has 0 spiro atoms. The van der Waals surface area contributed by atoms with Crippen molar-refractivity contribution >= 4 is 11.6 Å². The maximum absolute atomic E-state index is 14.2. The molecule has 0 saturated carbocycles. The number of hydrogen-bond donors (Lipinski definition) is 1. The van der Waals surface area contributed by atoms with Gasteiger partial charge in [0.1, 0.15) is 11.6 Å². The molecule has 0 aliphatic carbocycles. The van der Waals surface area contributed by atoms with Crippen molar-refractivity contribution in [1.29, 1.82) is 0 Å². The van der Waals surface area contributed by atoms with E-state index in [0.29, 0.717) is 0 Å². The highest BCUT2D eigenvalue weighted by Gasteiger charge is 2.19. The third-order valence-electron chi connectivity index (χ3n) is 3.06. The van der Waals surface area contributed by atoms with Crippen LogP contribution in [0, 0.1) is 5.82 Å². The third kappa shape index (κ3) is 2.97. The maximum atomic E-state index is 14.2. The Kier molecular flexibility index (Phi) is 4.51. The summed E-state index contributed by atoms with van der Waals surface area (Å²) in [6.45, 7) is 7.18. The van der Waals surface area contributed by atoms with Crippen LogP contribution < -0.4 is 10.4 Å². The Labute approximate surface area is 132 Å². The number of rotatable bonds is 4. The molecule has 2 rings (SSSR count). The van der Waals surface area contributed by atoms with E-state index in [9.17, 15) is 14.3 Å². The lowest BCUT2D eigenvalue weighted by atomic mass is 10.2. The van der Waals surface area contributed by atoms with Crippen LogP contribution in [0.1, 0.15) is 33.7 Å². The number of imidazole rings is 1. The van der Waals surface area contributed by atoms with Crippen molar-refractivity contribution in [3.8, 4) is 17.3 Å². The van der Waals surface area contributed by atoms with Crippen LogP contribution in [0.15, 0.2) is 23.1 Å². The van der Waals surface area contributed by atoms with Gasteiger partial charge in [0.25, 0.3) is 0 Å². The minimum absolute atomic E-state index is 0.103. The quantitative estimate of drug-likeness (QED) is 0.934. The van der Waals surface area contributed by atoms with E-state index in [1.807, 2.05) is 0 Å². The molecule has 0 aliphatic rings. The monoisotopic (exact) mass is 328 g/mol. The number of aromatic nitrogens is 2. The molecule has 1 heterocycles. The summed E-state index contributed by atoms with van der Waals surface area (Å²) in [5.41, 5.74) is -0.647. The molecule has 2 aromatic rings. The van der Waals surface area contributed by atoms with Gasteiger partial charge in [0.15, 0.2) is 0 Å². The third-order valence-corrected chi connectivity index (χ3v) is 3.35. The number of hydrogen-bond acceptors (Lipinski definition) is 3.